The minimum Gasteiger partial charge on any atom is -0.497 e. The summed E-state index contributed by atoms with van der Waals surface area (Å²) in [5.41, 5.74) is 6.54. The predicted octanol–water partition coefficient (Wildman–Crippen LogP) is 6.70. The van der Waals surface area contributed by atoms with Crippen LogP contribution in [0.3, 0.4) is 0 Å². The number of hydrogen-bond acceptors (Lipinski definition) is 6. The van der Waals surface area contributed by atoms with E-state index in [1.54, 1.807) is 13.2 Å². The summed E-state index contributed by atoms with van der Waals surface area (Å²) in [6.45, 7) is 1.34. The van der Waals surface area contributed by atoms with Gasteiger partial charge in [0.25, 0.3) is 5.91 Å². The highest BCUT2D eigenvalue weighted by molar-refractivity contribution is 7.87. The van der Waals surface area contributed by atoms with Crippen LogP contribution < -0.4 is 14.8 Å². The fourth-order valence-electron chi connectivity index (χ4n) is 10.5. The van der Waals surface area contributed by atoms with Crippen molar-refractivity contribution in [2.45, 2.75) is 107 Å². The average molecular weight is 750 g/mol. The van der Waals surface area contributed by atoms with Gasteiger partial charge in [0.2, 0.25) is 5.91 Å². The SMILES string of the molecule is COc1ccc2c(c1)C1CC1(C(=O)N1C3CCC1CC(NCc1ccccc1)C3)Cn1c-2c(C2CCCCC2)c2ccc(C(=O)NS(=O)(=O)N(C)C)cc21. The summed E-state index contributed by atoms with van der Waals surface area (Å²) < 4.78 is 36.7. The number of ether oxygens (including phenoxy) is 1. The van der Waals surface area contributed by atoms with Crippen LogP contribution in [-0.2, 0) is 28.1 Å². The smallest absolute Gasteiger partial charge is 0.303 e. The highest BCUT2D eigenvalue weighted by atomic mass is 32.2. The Bertz CT molecular complexity index is 2220. The normalized spacial score (nSPS) is 26.2. The van der Waals surface area contributed by atoms with Gasteiger partial charge in [-0.25, -0.2) is 4.72 Å². The number of piperidine rings is 1. The minimum atomic E-state index is -3.98. The first-order chi connectivity index (χ1) is 26.1. The molecule has 54 heavy (non-hydrogen) atoms. The molecule has 2 N–H and O–H groups in total. The Morgan fingerprint density at radius 2 is 1.67 bits per heavy atom. The standard InChI is InChI=1S/C43H51N5O5S/c1-46(2)54(51,52)45-41(49)29-14-18-35-38(20-29)47-26-43(42(50)48-31-15-16-32(48)22-30(21-31)44-25-27-10-6-4-7-11-27)24-37(43)36-23-33(53-3)17-19-34(36)40(47)39(35)28-12-8-5-9-13-28/h4,6-7,10-11,14,17-20,23,28,30-32,37,44H,5,8-9,12-13,15-16,21-22,24-26H2,1-3H3,(H,45,49). The van der Waals surface area contributed by atoms with Crippen LogP contribution in [0.5, 0.6) is 5.75 Å². The maximum absolute atomic E-state index is 15.4. The molecule has 1 aromatic heterocycles. The van der Waals surface area contributed by atoms with Gasteiger partial charge in [-0.15, -0.1) is 0 Å². The molecular weight excluding hydrogens is 699 g/mol. The number of hydrogen-bond donors (Lipinski definition) is 2. The van der Waals surface area contributed by atoms with E-state index in [0.29, 0.717) is 18.5 Å². The van der Waals surface area contributed by atoms with E-state index in [1.807, 2.05) is 24.3 Å². The second-order valence-electron chi connectivity index (χ2n) is 16.6. The van der Waals surface area contributed by atoms with Gasteiger partial charge in [-0.1, -0.05) is 55.7 Å². The van der Waals surface area contributed by atoms with Crippen LogP contribution in [0.1, 0.15) is 103 Å². The number of carbonyl (C=O) groups excluding carboxylic acids is 2. The Hall–Kier alpha value is -4.19. The third-order valence-corrected chi connectivity index (χ3v) is 14.7. The van der Waals surface area contributed by atoms with Gasteiger partial charge < -0.3 is 19.5 Å². The van der Waals surface area contributed by atoms with Gasteiger partial charge >= 0.3 is 10.2 Å². The van der Waals surface area contributed by atoms with E-state index in [4.69, 9.17) is 4.74 Å². The first-order valence-corrected chi connectivity index (χ1v) is 21.2. The summed E-state index contributed by atoms with van der Waals surface area (Å²) >= 11 is 0. The van der Waals surface area contributed by atoms with Crippen LogP contribution in [0.25, 0.3) is 22.2 Å². The Morgan fingerprint density at radius 3 is 2.37 bits per heavy atom. The fourth-order valence-corrected chi connectivity index (χ4v) is 11.0. The maximum atomic E-state index is 15.4. The van der Waals surface area contributed by atoms with Crippen LogP contribution in [0.4, 0.5) is 0 Å². The molecule has 4 heterocycles. The lowest BCUT2D eigenvalue weighted by atomic mass is 9.81. The molecule has 11 heteroatoms. The molecule has 4 aromatic rings. The van der Waals surface area contributed by atoms with E-state index in [2.05, 4.69) is 55.9 Å². The van der Waals surface area contributed by atoms with E-state index in [1.165, 1.54) is 50.0 Å². The predicted molar refractivity (Wildman–Crippen MR) is 210 cm³/mol. The molecule has 5 aliphatic rings. The first-order valence-electron chi connectivity index (χ1n) is 19.8. The van der Waals surface area contributed by atoms with Crippen molar-refractivity contribution in [1.29, 1.82) is 0 Å². The minimum absolute atomic E-state index is 0.0503. The van der Waals surface area contributed by atoms with Crippen molar-refractivity contribution in [3.63, 3.8) is 0 Å². The van der Waals surface area contributed by atoms with Gasteiger partial charge in [0, 0.05) is 73.3 Å². The van der Waals surface area contributed by atoms with Gasteiger partial charge in [-0.05, 0) is 97.9 Å². The van der Waals surface area contributed by atoms with E-state index in [-0.39, 0.29) is 29.5 Å². The number of fused-ring (bicyclic) bond motifs is 9. The second-order valence-corrected chi connectivity index (χ2v) is 18.5. The van der Waals surface area contributed by atoms with Crippen LogP contribution in [-0.4, -0.2) is 73.3 Å². The molecule has 3 aromatic carbocycles. The number of benzene rings is 3. The zero-order valence-corrected chi connectivity index (χ0v) is 32.3. The van der Waals surface area contributed by atoms with Gasteiger partial charge in [0.15, 0.2) is 0 Å². The highest BCUT2D eigenvalue weighted by Gasteiger charge is 2.65. The number of carbonyl (C=O) groups is 2. The van der Waals surface area contributed by atoms with Gasteiger partial charge in [-0.3, -0.25) is 9.59 Å². The van der Waals surface area contributed by atoms with Crippen molar-refractivity contribution in [1.82, 2.24) is 23.8 Å². The Balaban J connectivity index is 1.12. The lowest BCUT2D eigenvalue weighted by molar-refractivity contribution is -0.142. The van der Waals surface area contributed by atoms with Crippen molar-refractivity contribution < 1.29 is 22.7 Å². The zero-order valence-electron chi connectivity index (χ0n) is 31.5. The molecular formula is C43H51N5O5S. The molecule has 4 fully saturated rings. The molecule has 4 atom stereocenters. The molecule has 284 valence electrons. The van der Waals surface area contributed by atoms with E-state index < -0.39 is 21.5 Å². The van der Waals surface area contributed by atoms with Crippen LogP contribution in [0.2, 0.25) is 0 Å². The summed E-state index contributed by atoms with van der Waals surface area (Å²) in [5.74, 6) is 0.775. The summed E-state index contributed by atoms with van der Waals surface area (Å²) in [6, 6.07) is 23.3. The molecule has 3 aliphatic heterocycles. The molecule has 0 spiro atoms. The van der Waals surface area contributed by atoms with E-state index >= 15 is 4.79 Å². The Labute approximate surface area is 318 Å². The summed E-state index contributed by atoms with van der Waals surface area (Å²) in [6.07, 6.45) is 10.5. The van der Waals surface area contributed by atoms with Crippen molar-refractivity contribution >= 4 is 32.9 Å². The maximum Gasteiger partial charge on any atom is 0.303 e. The van der Waals surface area contributed by atoms with Crippen molar-refractivity contribution in [3.8, 4) is 17.0 Å². The van der Waals surface area contributed by atoms with Crippen LogP contribution in [0.15, 0.2) is 66.7 Å². The summed E-state index contributed by atoms with van der Waals surface area (Å²) in [7, 11) is 0.509. The Kier molecular flexibility index (Phi) is 8.90. The van der Waals surface area contributed by atoms with Crippen molar-refractivity contribution in [2.24, 2.45) is 5.41 Å². The number of nitrogens with one attached hydrogen (secondary N) is 2. The number of amides is 2. The molecule has 2 aliphatic carbocycles. The number of aromatic nitrogens is 1. The van der Waals surface area contributed by atoms with Gasteiger partial charge in [0.05, 0.1) is 18.2 Å². The topological polar surface area (TPSA) is 113 Å². The highest BCUT2D eigenvalue weighted by Crippen LogP contribution is 2.67. The monoisotopic (exact) mass is 749 g/mol. The van der Waals surface area contributed by atoms with Crippen molar-refractivity contribution in [2.75, 3.05) is 21.2 Å². The third-order valence-electron chi connectivity index (χ3n) is 13.3. The van der Waals surface area contributed by atoms with Gasteiger partial charge in [-0.2, -0.15) is 12.7 Å². The lowest BCUT2D eigenvalue weighted by Crippen LogP contribution is -2.54. The molecule has 9 rings (SSSR count). The molecule has 10 nitrogen and oxygen atoms in total. The van der Waals surface area contributed by atoms with Crippen molar-refractivity contribution in [3.05, 3.63) is 89.0 Å². The summed E-state index contributed by atoms with van der Waals surface area (Å²) in [4.78, 5) is 31.1. The molecule has 2 bridgehead atoms. The average Bonchev–Trinajstić information content (AvgIpc) is 3.77. The van der Waals surface area contributed by atoms with Crippen LogP contribution in [0, 0.1) is 5.41 Å². The zero-order chi connectivity index (χ0) is 37.4. The molecule has 2 amide bonds. The largest absolute Gasteiger partial charge is 0.497 e. The van der Waals surface area contributed by atoms with Gasteiger partial charge in [0.1, 0.15) is 5.75 Å². The second kappa shape index (κ2) is 13.5. The van der Waals surface area contributed by atoms with Crippen LogP contribution >= 0.6 is 0 Å². The lowest BCUT2D eigenvalue weighted by Gasteiger charge is -2.41. The quantitative estimate of drug-likeness (QED) is 0.197. The van der Waals surface area contributed by atoms with E-state index in [9.17, 15) is 13.2 Å². The fraction of sp³-hybridized carbons (Fsp3) is 0.488. The molecule has 2 saturated heterocycles. The summed E-state index contributed by atoms with van der Waals surface area (Å²) in [5, 5.41) is 4.89. The first kappa shape index (κ1) is 35.5. The number of rotatable bonds is 9. The Morgan fingerprint density at radius 1 is 0.926 bits per heavy atom. The number of methoxy groups -OCH3 is 1. The molecule has 2 saturated carbocycles. The third kappa shape index (κ3) is 5.94. The van der Waals surface area contributed by atoms with E-state index in [0.717, 1.165) is 83.7 Å². The molecule has 0 radical (unpaired) electrons. The number of nitrogens with zero attached hydrogens (tertiary/aromatic N) is 3. The molecule has 4 unspecified atom stereocenters.